The average molecular weight is 348 g/mol. The van der Waals surface area contributed by atoms with Crippen molar-refractivity contribution < 1.29 is 9.32 Å². The van der Waals surface area contributed by atoms with Crippen LogP contribution >= 0.6 is 11.6 Å². The molecule has 1 heterocycles. The summed E-state index contributed by atoms with van der Waals surface area (Å²) in [7, 11) is 0. The fourth-order valence-corrected chi connectivity index (χ4v) is 2.69. The van der Waals surface area contributed by atoms with Gasteiger partial charge in [0.05, 0.1) is 0 Å². The van der Waals surface area contributed by atoms with Gasteiger partial charge in [-0.1, -0.05) is 49.2 Å². The van der Waals surface area contributed by atoms with Crippen molar-refractivity contribution in [1.82, 2.24) is 15.5 Å². The van der Waals surface area contributed by atoms with E-state index >= 15 is 0 Å². The van der Waals surface area contributed by atoms with Gasteiger partial charge in [-0.25, -0.2) is 0 Å². The van der Waals surface area contributed by atoms with Crippen LogP contribution in [0.3, 0.4) is 0 Å². The average Bonchev–Trinajstić information content (AvgIpc) is 3.32. The van der Waals surface area contributed by atoms with Crippen LogP contribution in [0.4, 0.5) is 0 Å². The van der Waals surface area contributed by atoms with Crippen LogP contribution in [0.5, 0.6) is 0 Å². The van der Waals surface area contributed by atoms with Gasteiger partial charge in [-0.3, -0.25) is 4.79 Å². The third-order valence-corrected chi connectivity index (χ3v) is 5.00. The zero-order chi connectivity index (χ0) is 17.3. The molecular weight excluding hydrogens is 326 g/mol. The van der Waals surface area contributed by atoms with E-state index in [1.807, 2.05) is 25.1 Å². The Kier molecular flexibility index (Phi) is 4.90. The predicted molar refractivity (Wildman–Crippen MR) is 92.5 cm³/mol. The Morgan fingerprint density at radius 3 is 2.83 bits per heavy atom. The number of hydrogen-bond acceptors (Lipinski definition) is 4. The molecule has 6 heteroatoms. The summed E-state index contributed by atoms with van der Waals surface area (Å²) < 4.78 is 5.46. The van der Waals surface area contributed by atoms with Crippen LogP contribution in [0.15, 0.2) is 22.7 Å². The van der Waals surface area contributed by atoms with Crippen LogP contribution in [-0.4, -0.2) is 16.0 Å². The summed E-state index contributed by atoms with van der Waals surface area (Å²) in [4.78, 5) is 16.7. The summed E-state index contributed by atoms with van der Waals surface area (Å²) >= 11 is 6.17. The minimum absolute atomic E-state index is 0.0819. The maximum absolute atomic E-state index is 12.1. The topological polar surface area (TPSA) is 68.0 Å². The Bertz CT molecular complexity index is 740. The van der Waals surface area contributed by atoms with Gasteiger partial charge in [0.1, 0.15) is 6.04 Å². The molecule has 0 bridgehead atoms. The second kappa shape index (κ2) is 6.93. The number of aryl methyl sites for hydroxylation is 1. The summed E-state index contributed by atoms with van der Waals surface area (Å²) in [5.41, 5.74) is 1.80. The normalized spacial score (nSPS) is 16.7. The zero-order valence-electron chi connectivity index (χ0n) is 14.2. The molecule has 128 valence electrons. The number of nitrogens with one attached hydrogen (secondary N) is 1. The quantitative estimate of drug-likeness (QED) is 0.845. The van der Waals surface area contributed by atoms with Gasteiger partial charge in [0.2, 0.25) is 17.6 Å². The van der Waals surface area contributed by atoms with Crippen molar-refractivity contribution in [3.05, 3.63) is 34.7 Å². The standard InChI is InChI=1S/C18H22ClN3O2/c1-4-10(2)15(20-17(23)12-7-8-12)18-21-16(22-24-18)13-6-5-11(3)14(19)9-13/h5-6,9-10,12,15H,4,7-8H2,1-3H3,(H,20,23)/t10-,15+/m1/s1. The van der Waals surface area contributed by atoms with Gasteiger partial charge < -0.3 is 9.84 Å². The molecule has 24 heavy (non-hydrogen) atoms. The highest BCUT2D eigenvalue weighted by atomic mass is 35.5. The lowest BCUT2D eigenvalue weighted by atomic mass is 9.98. The van der Waals surface area contributed by atoms with E-state index in [2.05, 4.69) is 29.3 Å². The van der Waals surface area contributed by atoms with Crippen LogP contribution in [0, 0.1) is 18.8 Å². The molecule has 2 atom stereocenters. The minimum Gasteiger partial charge on any atom is -0.344 e. The number of aromatic nitrogens is 2. The number of hydrogen-bond donors (Lipinski definition) is 1. The van der Waals surface area contributed by atoms with Gasteiger partial charge >= 0.3 is 0 Å². The number of rotatable bonds is 6. The number of benzene rings is 1. The van der Waals surface area contributed by atoms with E-state index < -0.39 is 0 Å². The number of halogens is 1. The second-order valence-electron chi connectivity index (χ2n) is 6.57. The van der Waals surface area contributed by atoms with Crippen molar-refractivity contribution in [2.75, 3.05) is 0 Å². The Balaban J connectivity index is 1.84. The molecule has 1 amide bonds. The molecular formula is C18H22ClN3O2. The summed E-state index contributed by atoms with van der Waals surface area (Å²) in [6.45, 7) is 6.10. The fourth-order valence-electron chi connectivity index (χ4n) is 2.51. The van der Waals surface area contributed by atoms with Crippen molar-refractivity contribution >= 4 is 17.5 Å². The van der Waals surface area contributed by atoms with E-state index in [-0.39, 0.29) is 23.8 Å². The van der Waals surface area contributed by atoms with E-state index in [4.69, 9.17) is 16.1 Å². The summed E-state index contributed by atoms with van der Waals surface area (Å²) in [5.74, 6) is 1.38. The first-order valence-electron chi connectivity index (χ1n) is 8.40. The van der Waals surface area contributed by atoms with E-state index in [1.54, 1.807) is 0 Å². The molecule has 1 aromatic carbocycles. The van der Waals surface area contributed by atoms with Crippen molar-refractivity contribution in [2.24, 2.45) is 11.8 Å². The monoisotopic (exact) mass is 347 g/mol. The highest BCUT2D eigenvalue weighted by molar-refractivity contribution is 6.31. The Morgan fingerprint density at radius 2 is 2.21 bits per heavy atom. The SMILES string of the molecule is CC[C@@H](C)[C@H](NC(=O)C1CC1)c1nc(-c2ccc(C)c(Cl)c2)no1. The van der Waals surface area contributed by atoms with E-state index in [0.29, 0.717) is 16.7 Å². The third kappa shape index (κ3) is 3.61. The van der Waals surface area contributed by atoms with Gasteiger partial charge in [0.25, 0.3) is 0 Å². The van der Waals surface area contributed by atoms with E-state index in [9.17, 15) is 4.79 Å². The third-order valence-electron chi connectivity index (χ3n) is 4.60. The number of amides is 1. The van der Waals surface area contributed by atoms with Crippen molar-refractivity contribution in [1.29, 1.82) is 0 Å². The molecule has 5 nitrogen and oxygen atoms in total. The number of carbonyl (C=O) groups excluding carboxylic acids is 1. The van der Waals surface area contributed by atoms with Crippen molar-refractivity contribution in [3.63, 3.8) is 0 Å². The second-order valence-corrected chi connectivity index (χ2v) is 6.97. The maximum Gasteiger partial charge on any atom is 0.249 e. The number of carbonyl (C=O) groups is 1. The van der Waals surface area contributed by atoms with Crippen LogP contribution in [0.1, 0.15) is 50.6 Å². The summed E-state index contributed by atoms with van der Waals surface area (Å²) in [6, 6.07) is 5.41. The fraction of sp³-hybridized carbons (Fsp3) is 0.500. The molecule has 1 aromatic heterocycles. The first kappa shape index (κ1) is 17.0. The number of nitrogens with zero attached hydrogens (tertiary/aromatic N) is 2. The lowest BCUT2D eigenvalue weighted by molar-refractivity contribution is -0.123. The van der Waals surface area contributed by atoms with Gasteiger partial charge in [-0.05, 0) is 37.3 Å². The van der Waals surface area contributed by atoms with Gasteiger partial charge in [0.15, 0.2) is 0 Å². The zero-order valence-corrected chi connectivity index (χ0v) is 14.9. The Hall–Kier alpha value is -1.88. The lowest BCUT2D eigenvalue weighted by Crippen LogP contribution is -2.33. The van der Waals surface area contributed by atoms with Crippen LogP contribution in [-0.2, 0) is 4.79 Å². The molecule has 0 unspecified atom stereocenters. The molecule has 1 aliphatic rings. The van der Waals surface area contributed by atoms with Gasteiger partial charge in [-0.15, -0.1) is 0 Å². The van der Waals surface area contributed by atoms with Crippen LogP contribution < -0.4 is 5.32 Å². The highest BCUT2D eigenvalue weighted by Crippen LogP contribution is 2.32. The molecule has 3 rings (SSSR count). The van der Waals surface area contributed by atoms with E-state index in [1.165, 1.54) is 0 Å². The molecule has 0 aliphatic heterocycles. The Morgan fingerprint density at radius 1 is 1.46 bits per heavy atom. The van der Waals surface area contributed by atoms with Gasteiger partial charge in [0, 0.05) is 16.5 Å². The molecule has 1 fully saturated rings. The Labute approximate surface area is 146 Å². The molecule has 1 aliphatic carbocycles. The molecule has 1 saturated carbocycles. The largest absolute Gasteiger partial charge is 0.344 e. The maximum atomic E-state index is 12.1. The minimum atomic E-state index is -0.259. The van der Waals surface area contributed by atoms with Crippen LogP contribution in [0.25, 0.3) is 11.4 Å². The molecule has 1 N–H and O–H groups in total. The summed E-state index contributed by atoms with van der Waals surface area (Å²) in [6.07, 6.45) is 2.84. The van der Waals surface area contributed by atoms with Crippen molar-refractivity contribution in [2.45, 2.75) is 46.1 Å². The predicted octanol–water partition coefficient (Wildman–Crippen LogP) is 4.31. The highest BCUT2D eigenvalue weighted by Gasteiger charge is 2.34. The summed E-state index contributed by atoms with van der Waals surface area (Å²) in [5, 5.41) is 7.80. The van der Waals surface area contributed by atoms with E-state index in [0.717, 1.165) is 30.4 Å². The first-order valence-corrected chi connectivity index (χ1v) is 8.78. The molecule has 0 radical (unpaired) electrons. The first-order chi connectivity index (χ1) is 11.5. The molecule has 0 spiro atoms. The molecule has 0 saturated heterocycles. The lowest BCUT2D eigenvalue weighted by Gasteiger charge is -2.20. The molecule has 2 aromatic rings. The van der Waals surface area contributed by atoms with Crippen LogP contribution in [0.2, 0.25) is 5.02 Å². The van der Waals surface area contributed by atoms with Gasteiger partial charge in [-0.2, -0.15) is 4.98 Å². The smallest absolute Gasteiger partial charge is 0.249 e. The van der Waals surface area contributed by atoms with Crippen molar-refractivity contribution in [3.8, 4) is 11.4 Å².